The average Bonchev–Trinajstić information content (AvgIpc) is 3.79. The number of ether oxygens (including phenoxy) is 1. The van der Waals surface area contributed by atoms with Gasteiger partial charge in [-0.15, -0.1) is 0 Å². The highest BCUT2D eigenvalue weighted by Gasteiger charge is 2.41. The molecule has 1 aliphatic heterocycles. The Morgan fingerprint density at radius 2 is 1.75 bits per heavy atom. The number of alkyl carbamates (subject to hydrolysis) is 1. The predicted octanol–water partition coefficient (Wildman–Crippen LogP) is 8.26. The molecule has 2 amide bonds. The topological polar surface area (TPSA) is 147 Å². The molecule has 0 radical (unpaired) electrons. The Kier molecular flexibility index (Phi) is 19.2. The molecule has 1 aromatic heterocycles. The molecule has 13 heteroatoms. The zero-order valence-electron chi connectivity index (χ0n) is 33.3. The SMILES string of the molecule is CCC(C=O)CCC[C@@H](CF)NC(=O)OC(C)(C)C.CN1CCC(C2CCCCC2)C1C(=O)Nc1ccc2oc(C=O)cc2c1.CNS(=O)c1ccccc1. The number of alkyl halides is 1. The third-order valence-electron chi connectivity index (χ3n) is 10.0. The van der Waals surface area contributed by atoms with Gasteiger partial charge in [-0.05, 0) is 115 Å². The number of benzene rings is 2. The molecule has 2 aromatic carbocycles. The number of aldehydes is 2. The van der Waals surface area contributed by atoms with Crippen molar-refractivity contribution in [1.82, 2.24) is 14.9 Å². The molecule has 0 bridgehead atoms. The van der Waals surface area contributed by atoms with Crippen molar-refractivity contribution in [2.24, 2.45) is 17.8 Å². The molecular weight excluding hydrogens is 724 g/mol. The van der Waals surface area contributed by atoms with Crippen molar-refractivity contribution in [3.63, 3.8) is 0 Å². The van der Waals surface area contributed by atoms with Crippen LogP contribution < -0.4 is 15.4 Å². The third kappa shape index (κ3) is 15.3. The largest absolute Gasteiger partial charge is 0.453 e. The second-order valence-corrected chi connectivity index (χ2v) is 16.7. The fourth-order valence-corrected chi connectivity index (χ4v) is 7.80. The van der Waals surface area contributed by atoms with Crippen LogP contribution in [0.4, 0.5) is 14.9 Å². The summed E-state index contributed by atoms with van der Waals surface area (Å²) in [5.41, 5.74) is 0.821. The molecule has 3 aromatic rings. The van der Waals surface area contributed by atoms with Gasteiger partial charge < -0.3 is 24.6 Å². The predicted molar refractivity (Wildman–Crippen MR) is 216 cm³/mol. The first-order valence-corrected chi connectivity index (χ1v) is 20.6. The minimum atomic E-state index is -1.04. The van der Waals surface area contributed by atoms with Crippen LogP contribution in [0.25, 0.3) is 11.0 Å². The summed E-state index contributed by atoms with van der Waals surface area (Å²) in [6.07, 6.45) is 11.4. The van der Waals surface area contributed by atoms with Gasteiger partial charge in [-0.2, -0.15) is 0 Å². The molecular formula is C42H61FN4O7S. The molecule has 2 heterocycles. The van der Waals surface area contributed by atoms with E-state index in [9.17, 15) is 27.8 Å². The van der Waals surface area contributed by atoms with Crippen LogP contribution in [-0.2, 0) is 25.3 Å². The molecule has 1 aliphatic carbocycles. The van der Waals surface area contributed by atoms with Gasteiger partial charge in [-0.25, -0.2) is 18.1 Å². The van der Waals surface area contributed by atoms with Crippen LogP contribution in [0.1, 0.15) is 102 Å². The van der Waals surface area contributed by atoms with Crippen molar-refractivity contribution in [3.8, 4) is 0 Å². The molecule has 55 heavy (non-hydrogen) atoms. The Morgan fingerprint density at radius 1 is 1.04 bits per heavy atom. The number of carbonyl (C=O) groups is 4. The van der Waals surface area contributed by atoms with E-state index in [2.05, 4.69) is 27.3 Å². The number of likely N-dealkylation sites (tertiary alicyclic amines) is 1. The number of halogens is 1. The first-order chi connectivity index (χ1) is 26.3. The van der Waals surface area contributed by atoms with Crippen molar-refractivity contribution < 1.29 is 36.9 Å². The minimum Gasteiger partial charge on any atom is -0.453 e. The van der Waals surface area contributed by atoms with E-state index < -0.39 is 35.4 Å². The summed E-state index contributed by atoms with van der Waals surface area (Å²) in [6, 6.07) is 15.9. The van der Waals surface area contributed by atoms with Crippen molar-refractivity contribution in [1.29, 1.82) is 0 Å². The number of anilines is 1. The number of likely N-dealkylation sites (N-methyl/N-ethyl adjacent to an activating group) is 1. The first-order valence-electron chi connectivity index (χ1n) is 19.5. The zero-order chi connectivity index (χ0) is 40.4. The van der Waals surface area contributed by atoms with Crippen LogP contribution in [-0.4, -0.2) is 78.7 Å². The van der Waals surface area contributed by atoms with Crippen LogP contribution in [0.5, 0.6) is 0 Å². The fourth-order valence-electron chi connectivity index (χ4n) is 7.16. The highest BCUT2D eigenvalue weighted by atomic mass is 32.2. The molecule has 3 N–H and O–H groups in total. The normalized spacial score (nSPS) is 19.1. The summed E-state index contributed by atoms with van der Waals surface area (Å²) in [5, 5.41) is 6.43. The number of nitrogens with one attached hydrogen (secondary N) is 3. The van der Waals surface area contributed by atoms with Gasteiger partial charge >= 0.3 is 6.09 Å². The molecule has 5 rings (SSSR count). The van der Waals surface area contributed by atoms with Gasteiger partial charge in [0.2, 0.25) is 5.91 Å². The maximum atomic E-state index is 13.0. The van der Waals surface area contributed by atoms with Gasteiger partial charge in [0.15, 0.2) is 12.0 Å². The molecule has 2 fully saturated rings. The number of rotatable bonds is 14. The van der Waals surface area contributed by atoms with E-state index in [-0.39, 0.29) is 17.9 Å². The van der Waals surface area contributed by atoms with Crippen molar-refractivity contribution >= 4 is 52.2 Å². The van der Waals surface area contributed by atoms with E-state index in [1.807, 2.05) is 49.4 Å². The van der Waals surface area contributed by atoms with Crippen LogP contribution in [0.2, 0.25) is 0 Å². The summed E-state index contributed by atoms with van der Waals surface area (Å²) in [4.78, 5) is 49.1. The molecule has 11 nitrogen and oxygen atoms in total. The van der Waals surface area contributed by atoms with Crippen LogP contribution in [0, 0.1) is 17.8 Å². The maximum absolute atomic E-state index is 13.0. The summed E-state index contributed by atoms with van der Waals surface area (Å²) < 4.78 is 36.9. The average molecular weight is 785 g/mol. The van der Waals surface area contributed by atoms with Gasteiger partial charge in [0, 0.05) is 17.0 Å². The lowest BCUT2D eigenvalue weighted by atomic mass is 9.76. The van der Waals surface area contributed by atoms with Gasteiger partial charge in [-0.1, -0.05) is 63.6 Å². The van der Waals surface area contributed by atoms with E-state index in [0.29, 0.717) is 42.3 Å². The summed E-state index contributed by atoms with van der Waals surface area (Å²) in [6.45, 7) is 7.58. The number of fused-ring (bicyclic) bond motifs is 1. The van der Waals surface area contributed by atoms with Crippen molar-refractivity contribution in [3.05, 3.63) is 60.4 Å². The molecule has 304 valence electrons. The van der Waals surface area contributed by atoms with E-state index in [4.69, 9.17) is 9.15 Å². The number of hydrogen-bond acceptors (Lipinski definition) is 8. The lowest BCUT2D eigenvalue weighted by Crippen LogP contribution is -2.43. The van der Waals surface area contributed by atoms with Gasteiger partial charge in [0.1, 0.15) is 35.1 Å². The Bertz CT molecular complexity index is 1660. The van der Waals surface area contributed by atoms with Crippen LogP contribution >= 0.6 is 0 Å². The highest BCUT2D eigenvalue weighted by Crippen LogP contribution is 2.39. The maximum Gasteiger partial charge on any atom is 0.407 e. The van der Waals surface area contributed by atoms with E-state index in [1.54, 1.807) is 40.0 Å². The molecule has 1 saturated heterocycles. The lowest BCUT2D eigenvalue weighted by Gasteiger charge is -2.32. The first kappa shape index (κ1) is 45.4. The highest BCUT2D eigenvalue weighted by molar-refractivity contribution is 7.83. The Hall–Kier alpha value is -3.94. The minimum absolute atomic E-state index is 0.0294. The summed E-state index contributed by atoms with van der Waals surface area (Å²) in [7, 11) is 2.69. The number of furan rings is 1. The number of nitrogens with zero attached hydrogens (tertiary/aromatic N) is 1. The fraction of sp³-hybridized carbons (Fsp3) is 0.571. The summed E-state index contributed by atoms with van der Waals surface area (Å²) in [5.74, 6) is 1.55. The quantitative estimate of drug-likeness (QED) is 0.139. The number of amides is 2. The van der Waals surface area contributed by atoms with Crippen molar-refractivity contribution in [2.75, 3.05) is 32.6 Å². The lowest BCUT2D eigenvalue weighted by molar-refractivity contribution is -0.121. The molecule has 0 spiro atoms. The van der Waals surface area contributed by atoms with Crippen molar-refractivity contribution in [2.45, 2.75) is 114 Å². The van der Waals surface area contributed by atoms with Crippen LogP contribution in [0.3, 0.4) is 0 Å². The van der Waals surface area contributed by atoms with Gasteiger partial charge in [-0.3, -0.25) is 14.5 Å². The van der Waals surface area contributed by atoms with E-state index in [0.717, 1.165) is 48.1 Å². The third-order valence-corrected chi connectivity index (χ3v) is 11.1. The smallest absolute Gasteiger partial charge is 0.407 e. The number of carbonyl (C=O) groups excluding carboxylic acids is 4. The Balaban J connectivity index is 0.000000245. The van der Waals surface area contributed by atoms with Gasteiger partial charge in [0.05, 0.1) is 17.0 Å². The van der Waals surface area contributed by atoms with E-state index in [1.165, 1.54) is 32.1 Å². The van der Waals surface area contributed by atoms with E-state index >= 15 is 0 Å². The molecule has 4 unspecified atom stereocenters. The second-order valence-electron chi connectivity index (χ2n) is 15.3. The molecule has 2 aliphatic rings. The standard InChI is InChI=1S/C21H26N2O3.C14H26FNO3.C7H9NOS/c1-23-10-9-18(14-5-3-2-4-6-14)20(23)21(25)22-16-7-8-19-15(11-16)12-17(13-24)26-19;1-5-11(10-17)7-6-8-12(9-15)16-13(18)19-14(2,3)4;1-8-10(9)7-5-3-2-4-6-7/h7-8,11-14,18,20H,2-6,9-10H2,1H3,(H,22,25);10-12H,5-9H2,1-4H3,(H,16,18);2-6,8H,1H3/t;11?,12-;/m.0./s1. The summed E-state index contributed by atoms with van der Waals surface area (Å²) >= 11 is 0. The number of hydrogen-bond donors (Lipinski definition) is 3. The molecule has 1 saturated carbocycles. The second kappa shape index (κ2) is 23.2. The molecule has 5 atom stereocenters. The van der Waals surface area contributed by atoms with Gasteiger partial charge in [0.25, 0.3) is 0 Å². The Morgan fingerprint density at radius 3 is 2.35 bits per heavy atom. The monoisotopic (exact) mass is 784 g/mol. The zero-order valence-corrected chi connectivity index (χ0v) is 34.1. The Labute approximate surface area is 328 Å². The van der Waals surface area contributed by atoms with Crippen LogP contribution in [0.15, 0.2) is 63.9 Å².